The van der Waals surface area contributed by atoms with Gasteiger partial charge in [0.15, 0.2) is 0 Å². The zero-order valence-corrected chi connectivity index (χ0v) is 11.9. The SMILES string of the molecule is CC.CC.CC1(C)Cc2ccccc2NC1=O. The van der Waals surface area contributed by atoms with Gasteiger partial charge in [-0.1, -0.05) is 59.7 Å². The highest BCUT2D eigenvalue weighted by molar-refractivity contribution is 5.97. The Bertz CT molecular complexity index is 356. The summed E-state index contributed by atoms with van der Waals surface area (Å²) in [5, 5.41) is 2.91. The molecule has 1 aliphatic heterocycles. The first-order valence-corrected chi connectivity index (χ1v) is 6.49. The maximum absolute atomic E-state index is 11.6. The summed E-state index contributed by atoms with van der Waals surface area (Å²) >= 11 is 0. The summed E-state index contributed by atoms with van der Waals surface area (Å²) in [7, 11) is 0. The Kier molecular flexibility index (Phi) is 6.55. The van der Waals surface area contributed by atoms with Gasteiger partial charge in [0.25, 0.3) is 0 Å². The third-order valence-corrected chi connectivity index (χ3v) is 2.51. The summed E-state index contributed by atoms with van der Waals surface area (Å²) in [6.07, 6.45) is 0.828. The summed E-state index contributed by atoms with van der Waals surface area (Å²) in [5.74, 6) is 0.117. The predicted molar refractivity (Wildman–Crippen MR) is 75.3 cm³/mol. The van der Waals surface area contributed by atoms with Crippen LogP contribution >= 0.6 is 0 Å². The molecule has 0 saturated carbocycles. The smallest absolute Gasteiger partial charge is 0.230 e. The lowest BCUT2D eigenvalue weighted by Gasteiger charge is -2.30. The van der Waals surface area contributed by atoms with Gasteiger partial charge in [-0.2, -0.15) is 0 Å². The highest BCUT2D eigenvalue weighted by Crippen LogP contribution is 2.32. The molecule has 0 unspecified atom stereocenters. The van der Waals surface area contributed by atoms with Crippen molar-refractivity contribution in [2.75, 3.05) is 5.32 Å². The molecular weight excluding hydrogens is 210 g/mol. The minimum Gasteiger partial charge on any atom is -0.325 e. The van der Waals surface area contributed by atoms with Crippen molar-refractivity contribution in [3.63, 3.8) is 0 Å². The molecule has 2 rings (SSSR count). The molecule has 2 nitrogen and oxygen atoms in total. The normalized spacial score (nSPS) is 15.3. The first-order valence-electron chi connectivity index (χ1n) is 6.49. The molecule has 96 valence electrons. The molecular formula is C15H25NO. The van der Waals surface area contributed by atoms with Gasteiger partial charge in [0.05, 0.1) is 0 Å². The highest BCUT2D eigenvalue weighted by Gasteiger charge is 2.32. The minimum absolute atomic E-state index is 0.117. The number of benzene rings is 1. The van der Waals surface area contributed by atoms with Crippen LogP contribution in [0.4, 0.5) is 5.69 Å². The van der Waals surface area contributed by atoms with Crippen LogP contribution in [0.1, 0.15) is 47.1 Å². The molecule has 1 aromatic rings. The molecule has 0 radical (unpaired) electrons. The van der Waals surface area contributed by atoms with E-state index in [1.54, 1.807) is 0 Å². The number of fused-ring (bicyclic) bond motifs is 1. The standard InChI is InChI=1S/C11H13NO.2C2H6/c1-11(2)7-8-5-3-4-6-9(8)12-10(11)13;2*1-2/h3-6H,7H2,1-2H3,(H,12,13);2*1-2H3. The van der Waals surface area contributed by atoms with E-state index in [-0.39, 0.29) is 11.3 Å². The molecule has 2 heteroatoms. The third kappa shape index (κ3) is 3.88. The highest BCUT2D eigenvalue weighted by atomic mass is 16.2. The molecule has 0 saturated heterocycles. The van der Waals surface area contributed by atoms with Crippen molar-refractivity contribution >= 4 is 11.6 Å². The van der Waals surface area contributed by atoms with Gasteiger partial charge in [0, 0.05) is 11.1 Å². The van der Waals surface area contributed by atoms with E-state index < -0.39 is 0 Å². The average Bonchev–Trinajstić information content (AvgIpc) is 2.35. The summed E-state index contributed by atoms with van der Waals surface area (Å²) in [4.78, 5) is 11.6. The van der Waals surface area contributed by atoms with Crippen molar-refractivity contribution in [1.29, 1.82) is 0 Å². The molecule has 1 aliphatic rings. The molecule has 1 aromatic carbocycles. The van der Waals surface area contributed by atoms with E-state index in [1.165, 1.54) is 5.56 Å². The van der Waals surface area contributed by atoms with E-state index in [9.17, 15) is 4.79 Å². The lowest BCUT2D eigenvalue weighted by atomic mass is 9.81. The molecule has 1 amide bonds. The van der Waals surface area contributed by atoms with Crippen LogP contribution in [-0.2, 0) is 11.2 Å². The molecule has 0 fully saturated rings. The Labute approximate surface area is 105 Å². The van der Waals surface area contributed by atoms with Crippen LogP contribution in [-0.4, -0.2) is 5.91 Å². The van der Waals surface area contributed by atoms with Crippen molar-refractivity contribution in [2.24, 2.45) is 5.41 Å². The number of carbonyl (C=O) groups is 1. The number of hydrogen-bond donors (Lipinski definition) is 1. The van der Waals surface area contributed by atoms with Crippen molar-refractivity contribution in [1.82, 2.24) is 0 Å². The fourth-order valence-electron chi connectivity index (χ4n) is 1.64. The molecule has 0 aromatic heterocycles. The van der Waals surface area contributed by atoms with E-state index in [2.05, 4.69) is 11.4 Å². The molecule has 0 aliphatic carbocycles. The van der Waals surface area contributed by atoms with Gasteiger partial charge in [0.2, 0.25) is 5.91 Å². The van der Waals surface area contributed by atoms with E-state index >= 15 is 0 Å². The number of para-hydroxylation sites is 1. The van der Waals surface area contributed by atoms with Crippen LogP contribution in [0.15, 0.2) is 24.3 Å². The minimum atomic E-state index is -0.269. The van der Waals surface area contributed by atoms with Crippen molar-refractivity contribution in [2.45, 2.75) is 48.0 Å². The van der Waals surface area contributed by atoms with Crippen LogP contribution in [0, 0.1) is 5.41 Å². The number of nitrogens with one attached hydrogen (secondary N) is 1. The number of hydrogen-bond acceptors (Lipinski definition) is 1. The van der Waals surface area contributed by atoms with E-state index in [0.29, 0.717) is 0 Å². The van der Waals surface area contributed by atoms with Gasteiger partial charge in [-0.05, 0) is 18.1 Å². The van der Waals surface area contributed by atoms with Crippen LogP contribution in [0.25, 0.3) is 0 Å². The van der Waals surface area contributed by atoms with Crippen molar-refractivity contribution < 1.29 is 4.79 Å². The lowest BCUT2D eigenvalue weighted by Crippen LogP contribution is -2.36. The van der Waals surface area contributed by atoms with Crippen LogP contribution in [0.2, 0.25) is 0 Å². The second-order valence-corrected chi connectivity index (χ2v) is 4.17. The zero-order chi connectivity index (χ0) is 13.5. The van der Waals surface area contributed by atoms with Crippen LogP contribution in [0.5, 0.6) is 0 Å². The molecule has 1 N–H and O–H groups in total. The summed E-state index contributed by atoms with van der Waals surface area (Å²) in [6, 6.07) is 7.96. The van der Waals surface area contributed by atoms with E-state index in [1.807, 2.05) is 59.7 Å². The zero-order valence-electron chi connectivity index (χ0n) is 11.9. The molecule has 1 heterocycles. The Morgan fingerprint density at radius 2 is 1.59 bits per heavy atom. The largest absolute Gasteiger partial charge is 0.325 e. The lowest BCUT2D eigenvalue weighted by molar-refractivity contribution is -0.124. The van der Waals surface area contributed by atoms with Crippen LogP contribution < -0.4 is 5.32 Å². The Hall–Kier alpha value is -1.31. The Morgan fingerprint density at radius 1 is 1.06 bits per heavy atom. The topological polar surface area (TPSA) is 29.1 Å². The molecule has 0 atom stereocenters. The third-order valence-electron chi connectivity index (χ3n) is 2.51. The van der Waals surface area contributed by atoms with Crippen molar-refractivity contribution in [3.05, 3.63) is 29.8 Å². The summed E-state index contributed by atoms with van der Waals surface area (Å²) < 4.78 is 0. The number of carbonyl (C=O) groups excluding carboxylic acids is 1. The second-order valence-electron chi connectivity index (χ2n) is 4.17. The molecule has 17 heavy (non-hydrogen) atoms. The monoisotopic (exact) mass is 235 g/mol. The predicted octanol–water partition coefficient (Wildman–Crippen LogP) is 4.26. The van der Waals surface area contributed by atoms with Gasteiger partial charge < -0.3 is 5.32 Å². The maximum Gasteiger partial charge on any atom is 0.230 e. The first-order chi connectivity index (χ1) is 8.09. The number of amides is 1. The number of anilines is 1. The van der Waals surface area contributed by atoms with E-state index in [4.69, 9.17) is 0 Å². The quantitative estimate of drug-likeness (QED) is 0.715. The van der Waals surface area contributed by atoms with Crippen LogP contribution in [0.3, 0.4) is 0 Å². The first kappa shape index (κ1) is 15.7. The maximum atomic E-state index is 11.6. The average molecular weight is 235 g/mol. The fourth-order valence-corrected chi connectivity index (χ4v) is 1.64. The molecule has 0 spiro atoms. The van der Waals surface area contributed by atoms with E-state index in [0.717, 1.165) is 12.1 Å². The second kappa shape index (κ2) is 7.10. The Balaban J connectivity index is 0.000000581. The van der Waals surface area contributed by atoms with Gasteiger partial charge in [-0.25, -0.2) is 0 Å². The van der Waals surface area contributed by atoms with Gasteiger partial charge >= 0.3 is 0 Å². The Morgan fingerprint density at radius 3 is 2.18 bits per heavy atom. The molecule has 0 bridgehead atoms. The summed E-state index contributed by atoms with van der Waals surface area (Å²) in [5.41, 5.74) is 1.92. The fraction of sp³-hybridized carbons (Fsp3) is 0.533. The van der Waals surface area contributed by atoms with Gasteiger partial charge in [-0.15, -0.1) is 0 Å². The van der Waals surface area contributed by atoms with Gasteiger partial charge in [0.1, 0.15) is 0 Å². The van der Waals surface area contributed by atoms with Crippen molar-refractivity contribution in [3.8, 4) is 0 Å². The van der Waals surface area contributed by atoms with Gasteiger partial charge in [-0.3, -0.25) is 4.79 Å². The number of rotatable bonds is 0. The summed E-state index contributed by atoms with van der Waals surface area (Å²) in [6.45, 7) is 11.9.